The number of morpholine rings is 1. The van der Waals surface area contributed by atoms with E-state index in [4.69, 9.17) is 4.74 Å². The van der Waals surface area contributed by atoms with Gasteiger partial charge < -0.3 is 20.3 Å². The van der Waals surface area contributed by atoms with E-state index in [1.54, 1.807) is 30.1 Å². The number of hydrogen-bond acceptors (Lipinski definition) is 5. The largest absolute Gasteiger partial charge is 0.378 e. The van der Waals surface area contributed by atoms with Crippen molar-refractivity contribution in [3.05, 3.63) is 120 Å². The molecule has 4 aromatic carbocycles. The number of urea groups is 1. The van der Waals surface area contributed by atoms with Crippen molar-refractivity contribution < 1.29 is 19.1 Å². The lowest BCUT2D eigenvalue weighted by Gasteiger charge is -2.31. The third-order valence-corrected chi connectivity index (χ3v) is 8.98. The first-order chi connectivity index (χ1) is 23.9. The van der Waals surface area contributed by atoms with Gasteiger partial charge in [-0.05, 0) is 47.4 Å². The first-order valence-corrected chi connectivity index (χ1v) is 17.5. The fourth-order valence-corrected chi connectivity index (χ4v) is 6.07. The lowest BCUT2D eigenvalue weighted by molar-refractivity contribution is -0.136. The van der Waals surface area contributed by atoms with Crippen LogP contribution < -0.4 is 15.5 Å². The van der Waals surface area contributed by atoms with Crippen LogP contribution in [0, 0.1) is 0 Å². The van der Waals surface area contributed by atoms with Crippen molar-refractivity contribution in [2.24, 2.45) is 0 Å². The second kappa shape index (κ2) is 18.0. The van der Waals surface area contributed by atoms with E-state index >= 15 is 0 Å². The Morgan fingerprint density at radius 2 is 1.51 bits per heavy atom. The zero-order chi connectivity index (χ0) is 34.4. The van der Waals surface area contributed by atoms with E-state index in [0.29, 0.717) is 56.1 Å². The Morgan fingerprint density at radius 1 is 0.796 bits per heavy atom. The number of rotatable bonds is 15. The number of unbranched alkanes of at least 4 members (excludes halogenated alkanes) is 4. The molecule has 49 heavy (non-hydrogen) atoms. The van der Waals surface area contributed by atoms with Gasteiger partial charge in [-0.15, -0.1) is 0 Å². The summed E-state index contributed by atoms with van der Waals surface area (Å²) in [5, 5.41) is 6.49. The number of carbonyl (C=O) groups excluding carboxylic acids is 3. The summed E-state index contributed by atoms with van der Waals surface area (Å²) >= 11 is 0. The molecule has 4 aromatic rings. The third-order valence-electron chi connectivity index (χ3n) is 8.98. The van der Waals surface area contributed by atoms with Crippen molar-refractivity contribution in [3.8, 4) is 11.1 Å². The highest BCUT2D eigenvalue weighted by atomic mass is 16.5. The fourth-order valence-electron chi connectivity index (χ4n) is 6.07. The summed E-state index contributed by atoms with van der Waals surface area (Å²) in [6.45, 7) is 4.94. The number of carbonyl (C=O) groups is 3. The van der Waals surface area contributed by atoms with Crippen LogP contribution in [0.2, 0.25) is 0 Å². The van der Waals surface area contributed by atoms with Gasteiger partial charge in [0, 0.05) is 55.6 Å². The Labute approximate surface area is 290 Å². The van der Waals surface area contributed by atoms with Crippen LogP contribution in [0.1, 0.15) is 60.5 Å². The maximum absolute atomic E-state index is 13.9. The zero-order valence-electron chi connectivity index (χ0n) is 28.7. The molecule has 5 rings (SSSR count). The van der Waals surface area contributed by atoms with Gasteiger partial charge >= 0.3 is 6.03 Å². The van der Waals surface area contributed by atoms with Crippen LogP contribution in [0.3, 0.4) is 0 Å². The molecule has 0 aromatic heterocycles. The first kappa shape index (κ1) is 35.4. The second-order valence-electron chi connectivity index (χ2n) is 12.5. The molecule has 0 aliphatic carbocycles. The molecule has 1 unspecified atom stereocenters. The number of nitrogens with zero attached hydrogens (tertiary/aromatic N) is 2. The number of ketones is 1. The van der Waals surface area contributed by atoms with Crippen molar-refractivity contribution in [3.63, 3.8) is 0 Å². The molecular weight excluding hydrogens is 612 g/mol. The predicted molar refractivity (Wildman–Crippen MR) is 197 cm³/mol. The van der Waals surface area contributed by atoms with E-state index in [9.17, 15) is 14.4 Å². The smallest absolute Gasteiger partial charge is 0.321 e. The van der Waals surface area contributed by atoms with Gasteiger partial charge in [0.05, 0.1) is 13.2 Å². The van der Waals surface area contributed by atoms with E-state index < -0.39 is 6.04 Å². The van der Waals surface area contributed by atoms with Gasteiger partial charge in [0.1, 0.15) is 6.04 Å². The second-order valence-corrected chi connectivity index (χ2v) is 12.5. The van der Waals surface area contributed by atoms with Gasteiger partial charge in [-0.3, -0.25) is 14.5 Å². The molecule has 0 bridgehead atoms. The molecule has 0 radical (unpaired) electrons. The van der Waals surface area contributed by atoms with E-state index in [1.807, 2.05) is 89.8 Å². The molecule has 2 N–H and O–H groups in total. The minimum absolute atomic E-state index is 0.0238. The zero-order valence-corrected chi connectivity index (χ0v) is 28.7. The van der Waals surface area contributed by atoms with Crippen LogP contribution in [-0.4, -0.2) is 68.6 Å². The molecule has 1 fully saturated rings. The van der Waals surface area contributed by atoms with Crippen molar-refractivity contribution in [2.75, 3.05) is 50.1 Å². The normalized spacial score (nSPS) is 13.4. The predicted octanol–water partition coefficient (Wildman–Crippen LogP) is 7.58. The number of amides is 3. The van der Waals surface area contributed by atoms with E-state index in [1.165, 1.54) is 19.3 Å². The third kappa shape index (κ3) is 9.80. The molecular formula is C41H48N4O4. The molecule has 256 valence electrons. The number of ether oxygens (including phenoxy) is 1. The summed E-state index contributed by atoms with van der Waals surface area (Å²) in [5.74, 6) is -0.122. The Morgan fingerprint density at radius 3 is 2.27 bits per heavy atom. The summed E-state index contributed by atoms with van der Waals surface area (Å²) in [5.41, 5.74) is 5.55. The molecule has 0 saturated carbocycles. The fraction of sp³-hybridized carbons (Fsp3) is 0.341. The lowest BCUT2D eigenvalue weighted by atomic mass is 9.98. The standard InChI is InChI=1S/C41H48N4O4/c1-3-4-5-6-12-24-42-41(48)44(2)35-17-13-16-34(30-35)32-22-20-31(21-23-32)29-38(40(47)45-25-27-49-28-26-45)43-37-19-11-10-18-36(37)39(46)33-14-8-7-9-15-33/h7-11,13-23,30,38,43H,3-6,12,24-29H2,1-2H3,(H,42,48). The lowest BCUT2D eigenvalue weighted by Crippen LogP contribution is -2.48. The summed E-state index contributed by atoms with van der Waals surface area (Å²) in [4.78, 5) is 43.7. The van der Waals surface area contributed by atoms with Crippen LogP contribution in [-0.2, 0) is 16.0 Å². The van der Waals surface area contributed by atoms with E-state index in [0.717, 1.165) is 35.2 Å². The van der Waals surface area contributed by atoms with Gasteiger partial charge in [-0.1, -0.05) is 111 Å². The topological polar surface area (TPSA) is 91.0 Å². The Balaban J connectivity index is 1.30. The molecule has 0 spiro atoms. The van der Waals surface area contributed by atoms with Gasteiger partial charge in [-0.25, -0.2) is 4.79 Å². The van der Waals surface area contributed by atoms with Gasteiger partial charge in [0.15, 0.2) is 5.78 Å². The number of benzene rings is 4. The number of nitrogens with one attached hydrogen (secondary N) is 2. The minimum Gasteiger partial charge on any atom is -0.378 e. The summed E-state index contributed by atoms with van der Waals surface area (Å²) < 4.78 is 5.51. The van der Waals surface area contributed by atoms with Crippen molar-refractivity contribution >= 4 is 29.1 Å². The van der Waals surface area contributed by atoms with Crippen LogP contribution >= 0.6 is 0 Å². The monoisotopic (exact) mass is 660 g/mol. The van der Waals surface area contributed by atoms with Crippen LogP contribution in [0.25, 0.3) is 11.1 Å². The van der Waals surface area contributed by atoms with Crippen molar-refractivity contribution in [1.29, 1.82) is 0 Å². The van der Waals surface area contributed by atoms with Crippen LogP contribution in [0.15, 0.2) is 103 Å². The number of anilines is 2. The maximum atomic E-state index is 13.9. The molecule has 1 aliphatic heterocycles. The molecule has 1 heterocycles. The summed E-state index contributed by atoms with van der Waals surface area (Å²) in [7, 11) is 1.79. The van der Waals surface area contributed by atoms with E-state index in [2.05, 4.69) is 17.6 Å². The van der Waals surface area contributed by atoms with Crippen LogP contribution in [0.4, 0.5) is 16.2 Å². The Kier molecular flexibility index (Phi) is 13.0. The maximum Gasteiger partial charge on any atom is 0.321 e. The van der Waals surface area contributed by atoms with Crippen molar-refractivity contribution in [1.82, 2.24) is 10.2 Å². The number of para-hydroxylation sites is 1. The quantitative estimate of drug-likeness (QED) is 0.101. The molecule has 1 atom stereocenters. The van der Waals surface area contributed by atoms with Crippen molar-refractivity contribution in [2.45, 2.75) is 51.5 Å². The van der Waals surface area contributed by atoms with Gasteiger partial charge in [0.2, 0.25) is 5.91 Å². The summed E-state index contributed by atoms with van der Waals surface area (Å²) in [6, 6.07) is 32.0. The molecule has 1 saturated heterocycles. The van der Waals surface area contributed by atoms with Gasteiger partial charge in [-0.2, -0.15) is 0 Å². The average Bonchev–Trinajstić information content (AvgIpc) is 3.16. The minimum atomic E-state index is -0.587. The Hall–Kier alpha value is -4.95. The first-order valence-electron chi connectivity index (χ1n) is 17.5. The highest BCUT2D eigenvalue weighted by Gasteiger charge is 2.27. The van der Waals surface area contributed by atoms with E-state index in [-0.39, 0.29) is 17.7 Å². The number of hydrogen-bond donors (Lipinski definition) is 2. The molecule has 8 heteroatoms. The SMILES string of the molecule is CCCCCCCNC(=O)N(C)c1cccc(-c2ccc(CC(Nc3ccccc3C(=O)c3ccccc3)C(=O)N3CCOCC3)cc2)c1. The highest BCUT2D eigenvalue weighted by Crippen LogP contribution is 2.26. The average molecular weight is 661 g/mol. The molecule has 8 nitrogen and oxygen atoms in total. The Bertz CT molecular complexity index is 1670. The van der Waals surface area contributed by atoms with Gasteiger partial charge in [0.25, 0.3) is 0 Å². The molecule has 3 amide bonds. The highest BCUT2D eigenvalue weighted by molar-refractivity contribution is 6.12. The summed E-state index contributed by atoms with van der Waals surface area (Å²) in [6.07, 6.45) is 6.19. The van der Waals surface area contributed by atoms with Crippen LogP contribution in [0.5, 0.6) is 0 Å². The molecule has 1 aliphatic rings.